The van der Waals surface area contributed by atoms with Crippen molar-refractivity contribution in [2.75, 3.05) is 7.05 Å². The summed E-state index contributed by atoms with van der Waals surface area (Å²) in [5, 5.41) is 14.9. The van der Waals surface area contributed by atoms with Gasteiger partial charge in [0.15, 0.2) is 5.69 Å². The number of nitro groups is 1. The molecule has 0 saturated heterocycles. The zero-order valence-electron chi connectivity index (χ0n) is 13.9. The third-order valence-corrected chi connectivity index (χ3v) is 3.85. The molecule has 0 bridgehead atoms. The summed E-state index contributed by atoms with van der Waals surface area (Å²) in [4.78, 5) is 24.1. The summed E-state index contributed by atoms with van der Waals surface area (Å²) in [5.41, 5.74) is 1.17. The minimum absolute atomic E-state index is 0.0261. The standard InChI is InChI=1S/C18H15FN4O3/c1-21(12-13-4-2-3-5-16(13)19)18(24)17-10-11-22(20-17)14-6-8-15(9-7-14)23(25)26/h2-11H,12H2,1H3. The molecule has 0 spiro atoms. The van der Waals surface area contributed by atoms with Gasteiger partial charge >= 0.3 is 0 Å². The predicted molar refractivity (Wildman–Crippen MR) is 92.4 cm³/mol. The van der Waals surface area contributed by atoms with Crippen LogP contribution in [0.1, 0.15) is 16.1 Å². The fourth-order valence-corrected chi connectivity index (χ4v) is 2.46. The van der Waals surface area contributed by atoms with E-state index in [2.05, 4.69) is 5.10 Å². The number of aromatic nitrogens is 2. The lowest BCUT2D eigenvalue weighted by atomic mass is 10.2. The molecule has 0 aliphatic carbocycles. The Morgan fingerprint density at radius 1 is 1.19 bits per heavy atom. The summed E-state index contributed by atoms with van der Waals surface area (Å²) in [7, 11) is 1.57. The topological polar surface area (TPSA) is 81.3 Å². The van der Waals surface area contributed by atoms with Gasteiger partial charge in [0.25, 0.3) is 11.6 Å². The van der Waals surface area contributed by atoms with Crippen molar-refractivity contribution in [2.24, 2.45) is 0 Å². The molecule has 0 unspecified atom stereocenters. The summed E-state index contributed by atoms with van der Waals surface area (Å²) in [6.45, 7) is 0.121. The van der Waals surface area contributed by atoms with Crippen LogP contribution in [0.2, 0.25) is 0 Å². The molecular weight excluding hydrogens is 339 g/mol. The van der Waals surface area contributed by atoms with Crippen LogP contribution in [0.3, 0.4) is 0 Å². The first-order chi connectivity index (χ1) is 12.5. The summed E-state index contributed by atoms with van der Waals surface area (Å²) >= 11 is 0. The van der Waals surface area contributed by atoms with Crippen LogP contribution in [0.4, 0.5) is 10.1 Å². The van der Waals surface area contributed by atoms with Crippen molar-refractivity contribution in [1.82, 2.24) is 14.7 Å². The van der Waals surface area contributed by atoms with Crippen LogP contribution in [-0.2, 0) is 6.54 Å². The highest BCUT2D eigenvalue weighted by molar-refractivity contribution is 5.92. The van der Waals surface area contributed by atoms with Gasteiger partial charge in [-0.1, -0.05) is 18.2 Å². The van der Waals surface area contributed by atoms with E-state index in [0.29, 0.717) is 11.3 Å². The Morgan fingerprint density at radius 3 is 2.54 bits per heavy atom. The molecule has 1 aromatic heterocycles. The van der Waals surface area contributed by atoms with E-state index in [4.69, 9.17) is 0 Å². The molecule has 3 aromatic rings. The van der Waals surface area contributed by atoms with Crippen molar-refractivity contribution < 1.29 is 14.1 Å². The van der Waals surface area contributed by atoms with Crippen molar-refractivity contribution in [3.8, 4) is 5.69 Å². The van der Waals surface area contributed by atoms with Crippen molar-refractivity contribution >= 4 is 11.6 Å². The van der Waals surface area contributed by atoms with E-state index >= 15 is 0 Å². The third-order valence-electron chi connectivity index (χ3n) is 3.85. The van der Waals surface area contributed by atoms with Crippen LogP contribution in [0.25, 0.3) is 5.69 Å². The van der Waals surface area contributed by atoms with Gasteiger partial charge in [0.1, 0.15) is 5.82 Å². The molecule has 0 aliphatic rings. The number of nitrogens with zero attached hydrogens (tertiary/aromatic N) is 4. The Kier molecular flexibility index (Phi) is 4.74. The van der Waals surface area contributed by atoms with Gasteiger partial charge in [-0.15, -0.1) is 0 Å². The van der Waals surface area contributed by atoms with Crippen molar-refractivity contribution in [1.29, 1.82) is 0 Å². The Bertz CT molecular complexity index is 953. The zero-order chi connectivity index (χ0) is 18.7. The maximum Gasteiger partial charge on any atom is 0.274 e. The van der Waals surface area contributed by atoms with Crippen molar-refractivity contribution in [2.45, 2.75) is 6.54 Å². The van der Waals surface area contributed by atoms with Gasteiger partial charge in [-0.3, -0.25) is 14.9 Å². The molecule has 2 aromatic carbocycles. The highest BCUT2D eigenvalue weighted by atomic mass is 19.1. The first-order valence-corrected chi connectivity index (χ1v) is 7.75. The van der Waals surface area contributed by atoms with Crippen LogP contribution in [0, 0.1) is 15.9 Å². The molecule has 132 valence electrons. The molecule has 0 aliphatic heterocycles. The highest BCUT2D eigenvalue weighted by Crippen LogP contribution is 2.16. The van der Waals surface area contributed by atoms with Gasteiger partial charge in [-0.2, -0.15) is 5.10 Å². The number of amides is 1. The molecule has 1 amide bonds. The van der Waals surface area contributed by atoms with E-state index in [9.17, 15) is 19.3 Å². The summed E-state index contributed by atoms with van der Waals surface area (Å²) < 4.78 is 15.2. The van der Waals surface area contributed by atoms with E-state index in [1.165, 1.54) is 27.8 Å². The Labute approximate surface area is 148 Å². The highest BCUT2D eigenvalue weighted by Gasteiger charge is 2.17. The van der Waals surface area contributed by atoms with Crippen molar-refractivity contribution in [3.63, 3.8) is 0 Å². The maximum absolute atomic E-state index is 13.7. The van der Waals surface area contributed by atoms with E-state index in [1.807, 2.05) is 0 Å². The molecule has 0 fully saturated rings. The quantitative estimate of drug-likeness (QED) is 0.520. The Hall–Kier alpha value is -3.55. The number of carbonyl (C=O) groups excluding carboxylic acids is 1. The number of nitro benzene ring substituents is 1. The van der Waals surface area contributed by atoms with Gasteiger partial charge in [0.05, 0.1) is 10.6 Å². The fourth-order valence-electron chi connectivity index (χ4n) is 2.46. The SMILES string of the molecule is CN(Cc1ccccc1F)C(=O)c1ccn(-c2ccc([N+](=O)[O-])cc2)n1. The molecule has 7 nitrogen and oxygen atoms in total. The van der Waals surface area contributed by atoms with Gasteiger partial charge in [0, 0.05) is 37.5 Å². The molecule has 0 N–H and O–H groups in total. The largest absolute Gasteiger partial charge is 0.336 e. The van der Waals surface area contributed by atoms with Crippen LogP contribution < -0.4 is 0 Å². The van der Waals surface area contributed by atoms with Gasteiger partial charge in [-0.25, -0.2) is 9.07 Å². The van der Waals surface area contributed by atoms with Gasteiger partial charge in [0.2, 0.25) is 0 Å². The number of hydrogen-bond donors (Lipinski definition) is 0. The normalized spacial score (nSPS) is 10.5. The number of rotatable bonds is 5. The van der Waals surface area contributed by atoms with E-state index in [0.717, 1.165) is 0 Å². The maximum atomic E-state index is 13.7. The average molecular weight is 354 g/mol. The molecule has 26 heavy (non-hydrogen) atoms. The number of benzene rings is 2. The predicted octanol–water partition coefficient (Wildman–Crippen LogP) is 3.19. The minimum atomic E-state index is -0.487. The number of hydrogen-bond acceptors (Lipinski definition) is 4. The number of halogens is 1. The Morgan fingerprint density at radius 2 is 1.88 bits per heavy atom. The second-order valence-corrected chi connectivity index (χ2v) is 5.67. The summed E-state index contributed by atoms with van der Waals surface area (Å²) in [6, 6.07) is 13.6. The van der Waals surface area contributed by atoms with Crippen molar-refractivity contribution in [3.05, 3.63) is 88.0 Å². The Balaban J connectivity index is 1.75. The second kappa shape index (κ2) is 7.14. The van der Waals surface area contributed by atoms with Crippen LogP contribution in [0.5, 0.6) is 0 Å². The lowest BCUT2D eigenvalue weighted by Crippen LogP contribution is -2.27. The zero-order valence-corrected chi connectivity index (χ0v) is 13.9. The van der Waals surface area contributed by atoms with Gasteiger partial charge in [-0.05, 0) is 24.3 Å². The fraction of sp³-hybridized carbons (Fsp3) is 0.111. The van der Waals surface area contributed by atoms with E-state index < -0.39 is 4.92 Å². The molecule has 0 saturated carbocycles. The first-order valence-electron chi connectivity index (χ1n) is 7.75. The number of carbonyl (C=O) groups is 1. The van der Waals surface area contributed by atoms with Crippen LogP contribution in [0.15, 0.2) is 60.8 Å². The average Bonchev–Trinajstić information content (AvgIpc) is 3.13. The summed E-state index contributed by atoms with van der Waals surface area (Å²) in [6.07, 6.45) is 1.59. The van der Waals surface area contributed by atoms with E-state index in [-0.39, 0.29) is 29.7 Å². The monoisotopic (exact) mass is 354 g/mol. The van der Waals surface area contributed by atoms with Crippen LogP contribution in [-0.4, -0.2) is 32.6 Å². The first kappa shape index (κ1) is 17.3. The summed E-state index contributed by atoms with van der Waals surface area (Å²) in [5.74, 6) is -0.725. The molecule has 0 radical (unpaired) electrons. The smallest absolute Gasteiger partial charge is 0.274 e. The lowest BCUT2D eigenvalue weighted by Gasteiger charge is -2.16. The van der Waals surface area contributed by atoms with E-state index in [1.54, 1.807) is 49.6 Å². The molecule has 1 heterocycles. The number of non-ortho nitro benzene ring substituents is 1. The lowest BCUT2D eigenvalue weighted by molar-refractivity contribution is -0.384. The second-order valence-electron chi connectivity index (χ2n) is 5.67. The molecular formula is C18H15FN4O3. The molecule has 8 heteroatoms. The molecule has 0 atom stereocenters. The third kappa shape index (κ3) is 3.59. The minimum Gasteiger partial charge on any atom is -0.336 e. The van der Waals surface area contributed by atoms with Crippen LogP contribution >= 0.6 is 0 Å². The van der Waals surface area contributed by atoms with Gasteiger partial charge < -0.3 is 4.90 Å². The molecule has 3 rings (SSSR count).